The maximum Gasteiger partial charge on any atom is 0.304 e. The molecule has 0 fully saturated rings. The second-order valence-electron chi connectivity index (χ2n) is 4.80. The van der Waals surface area contributed by atoms with E-state index in [1.807, 2.05) is 13.0 Å². The van der Waals surface area contributed by atoms with Crippen molar-refractivity contribution in [3.05, 3.63) is 23.8 Å². The number of benzene rings is 1. The summed E-state index contributed by atoms with van der Waals surface area (Å²) in [4.78, 5) is 11.1. The molecule has 1 aromatic rings. The van der Waals surface area contributed by atoms with Gasteiger partial charge in [0.15, 0.2) is 9.84 Å². The Kier molecular flexibility index (Phi) is 3.54. The number of carbonyl (C=O) groups is 1. The van der Waals surface area contributed by atoms with Crippen LogP contribution in [-0.2, 0) is 21.1 Å². The lowest BCUT2D eigenvalue weighted by Gasteiger charge is -2.31. The van der Waals surface area contributed by atoms with Gasteiger partial charge in [-0.1, -0.05) is 13.0 Å². The zero-order chi connectivity index (χ0) is 14.2. The molecule has 0 spiro atoms. The average molecular weight is 283 g/mol. The fourth-order valence-corrected chi connectivity index (χ4v) is 4.41. The molecular weight excluding hydrogens is 266 g/mol. The number of fused-ring (bicyclic) bond motifs is 1. The Hall–Kier alpha value is -1.56. The van der Waals surface area contributed by atoms with Crippen molar-refractivity contribution in [3.8, 4) is 0 Å². The predicted molar refractivity (Wildman–Crippen MR) is 72.1 cm³/mol. The number of rotatable bonds is 3. The van der Waals surface area contributed by atoms with E-state index in [0.717, 1.165) is 12.0 Å². The lowest BCUT2D eigenvalue weighted by atomic mass is 10.1. The van der Waals surface area contributed by atoms with Gasteiger partial charge in [-0.2, -0.15) is 0 Å². The summed E-state index contributed by atoms with van der Waals surface area (Å²) in [5.74, 6) is -1.10. The van der Waals surface area contributed by atoms with Gasteiger partial charge in [0, 0.05) is 6.04 Å². The van der Waals surface area contributed by atoms with Crippen LogP contribution < -0.4 is 5.32 Å². The fraction of sp³-hybridized carbons (Fsp3) is 0.462. The van der Waals surface area contributed by atoms with Crippen LogP contribution in [0.5, 0.6) is 0 Å². The van der Waals surface area contributed by atoms with E-state index in [0.29, 0.717) is 5.69 Å². The summed E-state index contributed by atoms with van der Waals surface area (Å²) in [5.41, 5.74) is 1.49. The number of nitrogens with one attached hydrogen (secondary N) is 1. The van der Waals surface area contributed by atoms with Crippen LogP contribution in [0.15, 0.2) is 23.1 Å². The van der Waals surface area contributed by atoms with Crippen LogP contribution in [0.4, 0.5) is 5.69 Å². The first kappa shape index (κ1) is 13.9. The van der Waals surface area contributed by atoms with Crippen molar-refractivity contribution in [3.63, 3.8) is 0 Å². The Morgan fingerprint density at radius 1 is 1.42 bits per heavy atom. The maximum absolute atomic E-state index is 12.5. The van der Waals surface area contributed by atoms with E-state index in [-0.39, 0.29) is 11.3 Å². The lowest BCUT2D eigenvalue weighted by Crippen LogP contribution is -2.43. The molecule has 2 unspecified atom stereocenters. The van der Waals surface area contributed by atoms with E-state index in [4.69, 9.17) is 5.11 Å². The summed E-state index contributed by atoms with van der Waals surface area (Å²) in [5, 5.41) is 11.0. The zero-order valence-corrected chi connectivity index (χ0v) is 11.7. The molecule has 1 heterocycles. The van der Waals surface area contributed by atoms with E-state index < -0.39 is 27.1 Å². The number of carboxylic acid groups (broad SMARTS) is 1. The first-order valence-electron chi connectivity index (χ1n) is 6.21. The third-order valence-corrected chi connectivity index (χ3v) is 5.80. The van der Waals surface area contributed by atoms with Crippen molar-refractivity contribution in [1.82, 2.24) is 0 Å². The Balaban J connectivity index is 2.53. The van der Waals surface area contributed by atoms with Crippen LogP contribution >= 0.6 is 0 Å². The minimum Gasteiger partial charge on any atom is -0.481 e. The van der Waals surface area contributed by atoms with Gasteiger partial charge in [-0.15, -0.1) is 0 Å². The van der Waals surface area contributed by atoms with E-state index in [1.54, 1.807) is 19.1 Å². The third kappa shape index (κ3) is 2.45. The first-order chi connectivity index (χ1) is 8.86. The van der Waals surface area contributed by atoms with Crippen LogP contribution in [0, 0.1) is 0 Å². The van der Waals surface area contributed by atoms with Crippen molar-refractivity contribution in [2.75, 3.05) is 5.32 Å². The van der Waals surface area contributed by atoms with Gasteiger partial charge in [0.05, 0.1) is 22.3 Å². The number of hydrogen-bond donors (Lipinski definition) is 2. The highest BCUT2D eigenvalue weighted by molar-refractivity contribution is 7.92. The van der Waals surface area contributed by atoms with E-state index in [2.05, 4.69) is 5.32 Å². The van der Waals surface area contributed by atoms with Gasteiger partial charge < -0.3 is 10.4 Å². The van der Waals surface area contributed by atoms with Gasteiger partial charge in [-0.3, -0.25) is 4.79 Å². The average Bonchev–Trinajstić information content (AvgIpc) is 2.34. The van der Waals surface area contributed by atoms with Crippen LogP contribution in [0.25, 0.3) is 0 Å². The van der Waals surface area contributed by atoms with Gasteiger partial charge in [0.25, 0.3) is 0 Å². The van der Waals surface area contributed by atoms with Gasteiger partial charge in [-0.05, 0) is 31.0 Å². The summed E-state index contributed by atoms with van der Waals surface area (Å²) in [6.07, 6.45) is 0.355. The number of aryl methyl sites for hydroxylation is 1. The number of aliphatic carboxylic acids is 1. The quantitative estimate of drug-likeness (QED) is 0.881. The third-order valence-electron chi connectivity index (χ3n) is 3.48. The molecule has 2 atom stereocenters. The van der Waals surface area contributed by atoms with Gasteiger partial charge in [0.2, 0.25) is 0 Å². The molecular formula is C13H17NO4S. The highest BCUT2D eigenvalue weighted by Gasteiger charge is 2.39. The topological polar surface area (TPSA) is 83.5 Å². The van der Waals surface area contributed by atoms with E-state index in [1.165, 1.54) is 0 Å². The number of hydrogen-bond acceptors (Lipinski definition) is 4. The molecule has 2 N–H and O–H groups in total. The molecule has 0 aromatic heterocycles. The molecule has 1 aromatic carbocycles. The molecule has 6 heteroatoms. The molecule has 0 bridgehead atoms. The summed E-state index contributed by atoms with van der Waals surface area (Å²) >= 11 is 0. The standard InChI is InChI=1S/C13H17NO4S/c1-3-9-4-5-10-12(6-9)19(17,18)11(7-13(15)16)8(2)14-10/h4-6,8,11,14H,3,7H2,1-2H3,(H,15,16). The summed E-state index contributed by atoms with van der Waals surface area (Å²) < 4.78 is 25.0. The highest BCUT2D eigenvalue weighted by Crippen LogP contribution is 2.34. The van der Waals surface area contributed by atoms with Crippen LogP contribution in [0.3, 0.4) is 0 Å². The van der Waals surface area contributed by atoms with Crippen LogP contribution in [-0.4, -0.2) is 30.8 Å². The highest BCUT2D eigenvalue weighted by atomic mass is 32.2. The van der Waals surface area contributed by atoms with Gasteiger partial charge in [0.1, 0.15) is 0 Å². The van der Waals surface area contributed by atoms with E-state index >= 15 is 0 Å². The molecule has 0 saturated heterocycles. The zero-order valence-electron chi connectivity index (χ0n) is 10.9. The summed E-state index contributed by atoms with van der Waals surface area (Å²) in [7, 11) is -3.60. The largest absolute Gasteiger partial charge is 0.481 e. The monoisotopic (exact) mass is 283 g/mol. The van der Waals surface area contributed by atoms with Gasteiger partial charge >= 0.3 is 5.97 Å². The number of carboxylic acids is 1. The number of sulfone groups is 1. The molecule has 19 heavy (non-hydrogen) atoms. The summed E-state index contributed by atoms with van der Waals surface area (Å²) in [6.45, 7) is 3.64. The molecule has 1 aliphatic heterocycles. The normalized spacial score (nSPS) is 24.3. The molecule has 104 valence electrons. The minimum absolute atomic E-state index is 0.219. The van der Waals surface area contributed by atoms with Crippen LogP contribution in [0.2, 0.25) is 0 Å². The van der Waals surface area contributed by atoms with Crippen molar-refractivity contribution < 1.29 is 18.3 Å². The van der Waals surface area contributed by atoms with Gasteiger partial charge in [-0.25, -0.2) is 8.42 Å². The Morgan fingerprint density at radius 2 is 2.11 bits per heavy atom. The molecule has 0 saturated carbocycles. The molecule has 0 radical (unpaired) electrons. The minimum atomic E-state index is -3.60. The van der Waals surface area contributed by atoms with Crippen molar-refractivity contribution in [2.24, 2.45) is 0 Å². The Morgan fingerprint density at radius 3 is 2.68 bits per heavy atom. The SMILES string of the molecule is CCc1ccc2c(c1)S(=O)(=O)C(CC(=O)O)C(C)N2. The van der Waals surface area contributed by atoms with Crippen molar-refractivity contribution in [2.45, 2.75) is 42.9 Å². The number of anilines is 1. The molecule has 5 nitrogen and oxygen atoms in total. The molecule has 2 rings (SSSR count). The second kappa shape index (κ2) is 4.85. The Bertz CT molecular complexity index is 609. The van der Waals surface area contributed by atoms with Crippen molar-refractivity contribution in [1.29, 1.82) is 0 Å². The summed E-state index contributed by atoms with van der Waals surface area (Å²) in [6, 6.07) is 4.85. The maximum atomic E-state index is 12.5. The Labute approximate surface area is 112 Å². The molecule has 0 amide bonds. The second-order valence-corrected chi connectivity index (χ2v) is 6.93. The van der Waals surface area contributed by atoms with Crippen molar-refractivity contribution >= 4 is 21.5 Å². The lowest BCUT2D eigenvalue weighted by molar-refractivity contribution is -0.137. The molecule has 0 aliphatic carbocycles. The first-order valence-corrected chi connectivity index (χ1v) is 7.76. The van der Waals surface area contributed by atoms with Crippen LogP contribution in [0.1, 0.15) is 25.8 Å². The smallest absolute Gasteiger partial charge is 0.304 e. The predicted octanol–water partition coefficient (Wildman–Crippen LogP) is 1.68. The fourth-order valence-electron chi connectivity index (χ4n) is 2.37. The van der Waals surface area contributed by atoms with E-state index in [9.17, 15) is 13.2 Å². The molecule has 1 aliphatic rings.